The van der Waals surface area contributed by atoms with Crippen LogP contribution in [0, 0.1) is 0 Å². The van der Waals surface area contributed by atoms with Crippen molar-refractivity contribution in [2.75, 3.05) is 20.3 Å². The second kappa shape index (κ2) is 7.17. The summed E-state index contributed by atoms with van der Waals surface area (Å²) in [5.41, 5.74) is 1.22. The molecule has 1 aromatic rings. The molecule has 6 nitrogen and oxygen atoms in total. The van der Waals surface area contributed by atoms with Gasteiger partial charge < -0.3 is 19.4 Å². The Labute approximate surface area is 135 Å². The van der Waals surface area contributed by atoms with Crippen LogP contribution in [0.2, 0.25) is 0 Å². The fraction of sp³-hybridized carbons (Fsp3) is 0.647. The van der Waals surface area contributed by atoms with Gasteiger partial charge in [0.25, 0.3) is 11.5 Å². The number of pyridine rings is 1. The Kier molecular flexibility index (Phi) is 5.00. The molecule has 2 aliphatic heterocycles. The largest absolute Gasteiger partial charge is 0.496 e. The predicted octanol–water partition coefficient (Wildman–Crippen LogP) is 1.49. The van der Waals surface area contributed by atoms with Crippen molar-refractivity contribution in [1.29, 1.82) is 0 Å². The van der Waals surface area contributed by atoms with E-state index in [9.17, 15) is 9.59 Å². The van der Waals surface area contributed by atoms with Crippen LogP contribution in [0.25, 0.3) is 0 Å². The van der Waals surface area contributed by atoms with Crippen molar-refractivity contribution in [2.45, 2.75) is 51.2 Å². The van der Waals surface area contributed by atoms with Gasteiger partial charge in [-0.15, -0.1) is 0 Å². The predicted molar refractivity (Wildman–Crippen MR) is 86.1 cm³/mol. The van der Waals surface area contributed by atoms with E-state index in [1.54, 1.807) is 4.57 Å². The zero-order chi connectivity index (χ0) is 16.2. The van der Waals surface area contributed by atoms with Crippen LogP contribution in [0.15, 0.2) is 10.9 Å². The molecular weight excluding hydrogens is 296 g/mol. The highest BCUT2D eigenvalue weighted by Gasteiger charge is 2.24. The first-order valence-electron chi connectivity index (χ1n) is 8.41. The van der Waals surface area contributed by atoms with Crippen molar-refractivity contribution in [3.63, 3.8) is 0 Å². The number of fused-ring (bicyclic) bond motifs is 1. The van der Waals surface area contributed by atoms with Gasteiger partial charge in [0.05, 0.1) is 13.2 Å². The number of aromatic nitrogens is 1. The van der Waals surface area contributed by atoms with E-state index in [1.165, 1.54) is 13.2 Å². The summed E-state index contributed by atoms with van der Waals surface area (Å²) in [6, 6.07) is 1.43. The van der Waals surface area contributed by atoms with Gasteiger partial charge in [-0.3, -0.25) is 9.59 Å². The molecule has 1 aromatic heterocycles. The standard InChI is InChI=1S/C17H24N2O4/c1-22-14-10-15(20)19-8-4-2-3-7-13(19)16(14)17(21)18-11-12-6-5-9-23-12/h10,12H,2-9,11H2,1H3,(H,18,21)/t12-/m1/s1. The molecule has 1 fully saturated rings. The quantitative estimate of drug-likeness (QED) is 0.912. The second-order valence-electron chi connectivity index (χ2n) is 6.18. The Bertz CT molecular complexity index is 632. The molecule has 6 heteroatoms. The number of nitrogens with one attached hydrogen (secondary N) is 1. The van der Waals surface area contributed by atoms with Crippen LogP contribution in [0.1, 0.15) is 48.2 Å². The van der Waals surface area contributed by atoms with Gasteiger partial charge >= 0.3 is 0 Å². The zero-order valence-electron chi connectivity index (χ0n) is 13.6. The van der Waals surface area contributed by atoms with E-state index < -0.39 is 0 Å². The molecule has 1 N–H and O–H groups in total. The number of ether oxygens (including phenoxy) is 2. The van der Waals surface area contributed by atoms with E-state index in [0.29, 0.717) is 24.4 Å². The fourth-order valence-electron chi connectivity index (χ4n) is 3.42. The molecule has 1 saturated heterocycles. The molecule has 0 radical (unpaired) electrons. The number of amides is 1. The van der Waals surface area contributed by atoms with Crippen LogP contribution in [0.3, 0.4) is 0 Å². The van der Waals surface area contributed by atoms with Crippen molar-refractivity contribution >= 4 is 5.91 Å². The third-order valence-corrected chi connectivity index (χ3v) is 4.64. The summed E-state index contributed by atoms with van der Waals surface area (Å²) in [5.74, 6) is 0.191. The van der Waals surface area contributed by atoms with Gasteiger partial charge in [-0.1, -0.05) is 6.42 Å². The van der Waals surface area contributed by atoms with Crippen LogP contribution in [0.4, 0.5) is 0 Å². The van der Waals surface area contributed by atoms with Gasteiger partial charge in [-0.25, -0.2) is 0 Å². The van der Waals surface area contributed by atoms with Crippen molar-refractivity contribution in [2.24, 2.45) is 0 Å². The van der Waals surface area contributed by atoms with Gasteiger partial charge in [0.1, 0.15) is 11.3 Å². The summed E-state index contributed by atoms with van der Waals surface area (Å²) in [6.07, 6.45) is 5.86. The molecular formula is C17H24N2O4. The number of nitrogens with zero attached hydrogens (tertiary/aromatic N) is 1. The lowest BCUT2D eigenvalue weighted by Gasteiger charge is -2.18. The average Bonchev–Trinajstić information content (AvgIpc) is 2.95. The van der Waals surface area contributed by atoms with E-state index in [2.05, 4.69) is 5.32 Å². The van der Waals surface area contributed by atoms with Crippen molar-refractivity contribution in [3.8, 4) is 5.75 Å². The Morgan fingerprint density at radius 1 is 1.39 bits per heavy atom. The van der Waals surface area contributed by atoms with Crippen molar-refractivity contribution < 1.29 is 14.3 Å². The van der Waals surface area contributed by atoms with E-state index in [0.717, 1.165) is 50.8 Å². The molecule has 0 aliphatic carbocycles. The number of rotatable bonds is 4. The van der Waals surface area contributed by atoms with E-state index in [-0.39, 0.29) is 17.6 Å². The normalized spacial score (nSPS) is 20.7. The molecule has 0 spiro atoms. The zero-order valence-corrected chi connectivity index (χ0v) is 13.6. The Morgan fingerprint density at radius 2 is 2.26 bits per heavy atom. The lowest BCUT2D eigenvalue weighted by atomic mass is 10.1. The highest BCUT2D eigenvalue weighted by Crippen LogP contribution is 2.24. The average molecular weight is 320 g/mol. The van der Waals surface area contributed by atoms with Crippen LogP contribution >= 0.6 is 0 Å². The molecule has 2 aliphatic rings. The lowest BCUT2D eigenvalue weighted by Crippen LogP contribution is -2.35. The number of hydrogen-bond acceptors (Lipinski definition) is 4. The minimum Gasteiger partial charge on any atom is -0.496 e. The van der Waals surface area contributed by atoms with E-state index in [4.69, 9.17) is 9.47 Å². The molecule has 1 amide bonds. The molecule has 3 rings (SSSR count). The summed E-state index contributed by atoms with van der Waals surface area (Å²) >= 11 is 0. The fourth-order valence-corrected chi connectivity index (χ4v) is 3.42. The van der Waals surface area contributed by atoms with Gasteiger partial charge in [0.15, 0.2) is 0 Å². The molecule has 0 aromatic carbocycles. The third kappa shape index (κ3) is 3.42. The van der Waals surface area contributed by atoms with Gasteiger partial charge in [0, 0.05) is 31.5 Å². The first-order valence-corrected chi connectivity index (χ1v) is 8.41. The first kappa shape index (κ1) is 16.1. The van der Waals surface area contributed by atoms with Gasteiger partial charge in [0.2, 0.25) is 0 Å². The Balaban J connectivity index is 1.89. The highest BCUT2D eigenvalue weighted by molar-refractivity contribution is 5.98. The van der Waals surface area contributed by atoms with Crippen LogP contribution < -0.4 is 15.6 Å². The van der Waals surface area contributed by atoms with Gasteiger partial charge in [-0.05, 0) is 32.1 Å². The maximum Gasteiger partial charge on any atom is 0.256 e. The molecule has 1 atom stereocenters. The summed E-state index contributed by atoms with van der Waals surface area (Å²) in [4.78, 5) is 25.0. The number of methoxy groups -OCH3 is 1. The van der Waals surface area contributed by atoms with Crippen LogP contribution in [0.5, 0.6) is 5.75 Å². The molecule has 0 unspecified atom stereocenters. The smallest absolute Gasteiger partial charge is 0.256 e. The number of hydrogen-bond donors (Lipinski definition) is 1. The minimum atomic E-state index is -0.178. The minimum absolute atomic E-state index is 0.0885. The summed E-state index contributed by atoms with van der Waals surface area (Å²) < 4.78 is 12.6. The van der Waals surface area contributed by atoms with Crippen LogP contribution in [-0.4, -0.2) is 36.8 Å². The monoisotopic (exact) mass is 320 g/mol. The SMILES string of the molecule is COc1cc(=O)n2c(c1C(=O)NC[C@H]1CCCO1)CCCCC2. The maximum absolute atomic E-state index is 12.7. The second-order valence-corrected chi connectivity index (χ2v) is 6.18. The molecule has 0 saturated carbocycles. The highest BCUT2D eigenvalue weighted by atomic mass is 16.5. The van der Waals surface area contributed by atoms with Crippen molar-refractivity contribution in [1.82, 2.24) is 9.88 Å². The molecule has 126 valence electrons. The third-order valence-electron chi connectivity index (χ3n) is 4.64. The molecule has 3 heterocycles. The topological polar surface area (TPSA) is 69.6 Å². The number of carbonyl (C=O) groups excluding carboxylic acids is 1. The number of carbonyl (C=O) groups is 1. The van der Waals surface area contributed by atoms with Gasteiger partial charge in [-0.2, -0.15) is 0 Å². The molecule has 0 bridgehead atoms. The van der Waals surface area contributed by atoms with Crippen molar-refractivity contribution in [3.05, 3.63) is 27.7 Å². The van der Waals surface area contributed by atoms with E-state index in [1.807, 2.05) is 0 Å². The summed E-state index contributed by atoms with van der Waals surface area (Å²) in [6.45, 7) is 1.94. The summed E-state index contributed by atoms with van der Waals surface area (Å²) in [7, 11) is 1.50. The van der Waals surface area contributed by atoms with E-state index >= 15 is 0 Å². The lowest BCUT2D eigenvalue weighted by molar-refractivity contribution is 0.0853. The van der Waals surface area contributed by atoms with Crippen LogP contribution in [-0.2, 0) is 17.7 Å². The Hall–Kier alpha value is -1.82. The summed E-state index contributed by atoms with van der Waals surface area (Å²) in [5, 5.41) is 2.95. The maximum atomic E-state index is 12.7. The Morgan fingerprint density at radius 3 is 3.00 bits per heavy atom. The molecule has 23 heavy (non-hydrogen) atoms. The first-order chi connectivity index (χ1) is 11.2.